The van der Waals surface area contributed by atoms with Crippen molar-refractivity contribution in [3.05, 3.63) is 77.4 Å². The monoisotopic (exact) mass is 346 g/mol. The van der Waals surface area contributed by atoms with Crippen LogP contribution in [0.25, 0.3) is 10.8 Å². The highest BCUT2D eigenvalue weighted by Crippen LogP contribution is 2.27. The van der Waals surface area contributed by atoms with Crippen molar-refractivity contribution in [1.29, 1.82) is 0 Å². The predicted molar refractivity (Wildman–Crippen MR) is 108 cm³/mol. The molecule has 0 N–H and O–H groups in total. The molecule has 0 amide bonds. The topological polar surface area (TPSA) is 26.3 Å². The summed E-state index contributed by atoms with van der Waals surface area (Å²) in [7, 11) is 1.63. The molecule has 26 heavy (non-hydrogen) atoms. The third-order valence-corrected chi connectivity index (χ3v) is 4.91. The van der Waals surface area contributed by atoms with Gasteiger partial charge in [0.25, 0.3) is 0 Å². The Morgan fingerprint density at radius 2 is 1.58 bits per heavy atom. The Hall–Kier alpha value is -2.61. The normalized spacial score (nSPS) is 10.8. The largest absolute Gasteiger partial charge is 0.497 e. The first-order valence-corrected chi connectivity index (χ1v) is 9.44. The molecule has 0 saturated heterocycles. The maximum absolute atomic E-state index is 13.0. The lowest BCUT2D eigenvalue weighted by Gasteiger charge is -2.11. The molecule has 0 spiro atoms. The van der Waals surface area contributed by atoms with Gasteiger partial charge in [-0.1, -0.05) is 62.6 Å². The van der Waals surface area contributed by atoms with Crippen molar-refractivity contribution in [2.75, 3.05) is 7.11 Å². The number of carbonyl (C=O) groups is 1. The minimum absolute atomic E-state index is 0.0568. The second-order valence-electron chi connectivity index (χ2n) is 6.69. The summed E-state index contributed by atoms with van der Waals surface area (Å²) in [5, 5.41) is 2.24. The number of carbonyl (C=O) groups excluding carboxylic acids is 1. The molecule has 3 rings (SSSR count). The van der Waals surface area contributed by atoms with Gasteiger partial charge in [-0.3, -0.25) is 4.79 Å². The molecule has 0 saturated carbocycles. The number of ether oxygens (including phenoxy) is 1. The first-order chi connectivity index (χ1) is 12.7. The third-order valence-electron chi connectivity index (χ3n) is 4.91. The molecule has 0 unspecified atom stereocenters. The van der Waals surface area contributed by atoms with E-state index in [0.29, 0.717) is 5.56 Å². The third kappa shape index (κ3) is 3.96. The minimum Gasteiger partial charge on any atom is -0.497 e. The van der Waals surface area contributed by atoms with Crippen LogP contribution in [0, 0.1) is 0 Å². The summed E-state index contributed by atoms with van der Waals surface area (Å²) in [6.07, 6.45) is 6.06. The Kier molecular flexibility index (Phi) is 6.06. The molecule has 2 heteroatoms. The second-order valence-corrected chi connectivity index (χ2v) is 6.69. The van der Waals surface area contributed by atoms with E-state index in [9.17, 15) is 4.79 Å². The number of benzene rings is 3. The average Bonchev–Trinajstić information content (AvgIpc) is 2.70. The molecule has 0 atom stereocenters. The van der Waals surface area contributed by atoms with Gasteiger partial charge in [-0.05, 0) is 53.4 Å². The van der Waals surface area contributed by atoms with Crippen LogP contribution >= 0.6 is 0 Å². The molecule has 134 valence electrons. The van der Waals surface area contributed by atoms with Gasteiger partial charge in [0.05, 0.1) is 7.11 Å². The van der Waals surface area contributed by atoms with Gasteiger partial charge >= 0.3 is 0 Å². The minimum atomic E-state index is 0.0568. The Balaban J connectivity index is 1.92. The molecule has 0 bridgehead atoms. The van der Waals surface area contributed by atoms with Crippen LogP contribution in [-0.2, 0) is 6.42 Å². The van der Waals surface area contributed by atoms with Crippen LogP contribution in [0.2, 0.25) is 0 Å². The van der Waals surface area contributed by atoms with E-state index >= 15 is 0 Å². The maximum Gasteiger partial charge on any atom is 0.193 e. The summed E-state index contributed by atoms with van der Waals surface area (Å²) >= 11 is 0. The molecule has 0 aromatic heterocycles. The van der Waals surface area contributed by atoms with Crippen molar-refractivity contribution in [1.82, 2.24) is 0 Å². The fraction of sp³-hybridized carbons (Fsp3) is 0.292. The van der Waals surface area contributed by atoms with Crippen molar-refractivity contribution >= 4 is 16.6 Å². The van der Waals surface area contributed by atoms with Crippen molar-refractivity contribution in [3.63, 3.8) is 0 Å². The Morgan fingerprint density at radius 1 is 0.846 bits per heavy atom. The van der Waals surface area contributed by atoms with E-state index in [1.54, 1.807) is 7.11 Å². The molecular weight excluding hydrogens is 320 g/mol. The van der Waals surface area contributed by atoms with Gasteiger partial charge in [0.15, 0.2) is 5.78 Å². The van der Waals surface area contributed by atoms with E-state index in [-0.39, 0.29) is 5.78 Å². The lowest BCUT2D eigenvalue weighted by molar-refractivity contribution is 0.104. The number of fused-ring (bicyclic) bond motifs is 1. The fourth-order valence-electron chi connectivity index (χ4n) is 3.42. The zero-order chi connectivity index (χ0) is 18.4. The Bertz CT molecular complexity index is 878. The molecule has 0 heterocycles. The first kappa shape index (κ1) is 18.2. The van der Waals surface area contributed by atoms with Gasteiger partial charge in [-0.25, -0.2) is 0 Å². The Morgan fingerprint density at radius 3 is 2.27 bits per heavy atom. The number of aryl methyl sites for hydroxylation is 1. The van der Waals surface area contributed by atoms with Gasteiger partial charge in [0.2, 0.25) is 0 Å². The van der Waals surface area contributed by atoms with Crippen LogP contribution in [0.5, 0.6) is 5.75 Å². The van der Waals surface area contributed by atoms with Gasteiger partial charge < -0.3 is 4.74 Å². The smallest absolute Gasteiger partial charge is 0.193 e. The lowest BCUT2D eigenvalue weighted by Crippen LogP contribution is -2.03. The van der Waals surface area contributed by atoms with Crippen LogP contribution in [0.15, 0.2) is 60.7 Å². The van der Waals surface area contributed by atoms with E-state index in [4.69, 9.17) is 4.74 Å². The zero-order valence-corrected chi connectivity index (χ0v) is 15.6. The highest BCUT2D eigenvalue weighted by molar-refractivity contribution is 6.16. The fourth-order valence-corrected chi connectivity index (χ4v) is 3.42. The van der Waals surface area contributed by atoms with Crippen molar-refractivity contribution in [2.24, 2.45) is 0 Å². The number of hydrogen-bond donors (Lipinski definition) is 0. The number of methoxy groups -OCH3 is 1. The number of unbranched alkanes of at least 4 members (excludes halogenated alkanes) is 3. The van der Waals surface area contributed by atoms with Gasteiger partial charge in [-0.15, -0.1) is 0 Å². The van der Waals surface area contributed by atoms with Crippen molar-refractivity contribution in [3.8, 4) is 5.75 Å². The summed E-state index contributed by atoms with van der Waals surface area (Å²) < 4.78 is 5.18. The maximum atomic E-state index is 13.0. The van der Waals surface area contributed by atoms with Crippen molar-refractivity contribution in [2.45, 2.75) is 39.0 Å². The van der Waals surface area contributed by atoms with Gasteiger partial charge in [-0.2, -0.15) is 0 Å². The molecule has 3 aromatic carbocycles. The lowest BCUT2D eigenvalue weighted by atomic mass is 9.92. The van der Waals surface area contributed by atoms with E-state index in [1.807, 2.05) is 36.4 Å². The Labute approximate surface area is 155 Å². The van der Waals surface area contributed by atoms with Crippen LogP contribution in [-0.4, -0.2) is 12.9 Å². The van der Waals surface area contributed by atoms with Gasteiger partial charge in [0, 0.05) is 11.1 Å². The van der Waals surface area contributed by atoms with E-state index in [0.717, 1.165) is 23.1 Å². The SMILES string of the molecule is CCCCCCc1ccc(C(=O)c2ccc(OC)cc2)c2ccccc12. The predicted octanol–water partition coefficient (Wildman–Crippen LogP) is 6.20. The quantitative estimate of drug-likeness (QED) is 0.358. The summed E-state index contributed by atoms with van der Waals surface area (Å²) in [5.41, 5.74) is 2.79. The van der Waals surface area contributed by atoms with Crippen molar-refractivity contribution < 1.29 is 9.53 Å². The summed E-state index contributed by atoms with van der Waals surface area (Å²) in [5.74, 6) is 0.815. The zero-order valence-electron chi connectivity index (χ0n) is 15.6. The number of ketones is 1. The molecule has 3 aromatic rings. The van der Waals surface area contributed by atoms with Crippen LogP contribution < -0.4 is 4.74 Å². The molecular formula is C24H26O2. The average molecular weight is 346 g/mol. The second kappa shape index (κ2) is 8.66. The van der Waals surface area contributed by atoms with Crippen LogP contribution in [0.1, 0.15) is 54.1 Å². The molecule has 2 nitrogen and oxygen atoms in total. The highest BCUT2D eigenvalue weighted by atomic mass is 16.5. The number of rotatable bonds is 8. The van der Waals surface area contributed by atoms with E-state index in [2.05, 4.69) is 31.2 Å². The highest BCUT2D eigenvalue weighted by Gasteiger charge is 2.14. The molecule has 0 radical (unpaired) electrons. The molecule has 0 aliphatic rings. The van der Waals surface area contributed by atoms with Gasteiger partial charge in [0.1, 0.15) is 5.75 Å². The van der Waals surface area contributed by atoms with Crippen LogP contribution in [0.3, 0.4) is 0 Å². The van der Waals surface area contributed by atoms with E-state index in [1.165, 1.54) is 36.6 Å². The summed E-state index contributed by atoms with van der Waals surface area (Å²) in [6.45, 7) is 2.23. The van der Waals surface area contributed by atoms with Crippen LogP contribution in [0.4, 0.5) is 0 Å². The standard InChI is InChI=1S/C24H26O2/c1-3-4-5-6-9-18-14-17-23(22-11-8-7-10-21(18)22)24(25)19-12-15-20(26-2)16-13-19/h7-8,10-17H,3-6,9H2,1-2H3. The summed E-state index contributed by atoms with van der Waals surface area (Å²) in [6, 6.07) is 19.7. The molecule has 0 fully saturated rings. The molecule has 0 aliphatic heterocycles. The number of hydrogen-bond acceptors (Lipinski definition) is 2. The van der Waals surface area contributed by atoms with E-state index < -0.39 is 0 Å². The summed E-state index contributed by atoms with van der Waals surface area (Å²) in [4.78, 5) is 13.0. The molecule has 0 aliphatic carbocycles. The first-order valence-electron chi connectivity index (χ1n) is 9.44.